The van der Waals surface area contributed by atoms with Gasteiger partial charge in [-0.05, 0) is 81.7 Å². The molecule has 2 aliphatic rings. The Balaban J connectivity index is 1.61. The summed E-state index contributed by atoms with van der Waals surface area (Å²) < 4.78 is 1.69. The molecule has 2 heterocycles. The summed E-state index contributed by atoms with van der Waals surface area (Å²) in [7, 11) is 0. The molecule has 6 nitrogen and oxygen atoms in total. The lowest BCUT2D eigenvalue weighted by molar-refractivity contribution is 0.0951. The van der Waals surface area contributed by atoms with Gasteiger partial charge in [-0.1, -0.05) is 6.07 Å². The van der Waals surface area contributed by atoms with Crippen LogP contribution in [0.1, 0.15) is 68.3 Å². The number of hydrogen-bond donors (Lipinski definition) is 2. The first kappa shape index (κ1) is 18.2. The van der Waals surface area contributed by atoms with Gasteiger partial charge in [0.2, 0.25) is 0 Å². The van der Waals surface area contributed by atoms with Crippen LogP contribution >= 0.6 is 0 Å². The molecule has 0 spiro atoms. The van der Waals surface area contributed by atoms with Crippen molar-refractivity contribution < 1.29 is 4.79 Å². The summed E-state index contributed by atoms with van der Waals surface area (Å²) in [5.41, 5.74) is 4.77. The highest BCUT2D eigenvalue weighted by atomic mass is 16.2. The van der Waals surface area contributed by atoms with E-state index in [2.05, 4.69) is 21.4 Å². The molecular weight excluding hydrogens is 364 g/mol. The first-order chi connectivity index (χ1) is 13.8. The van der Waals surface area contributed by atoms with Crippen molar-refractivity contribution in [3.05, 3.63) is 52.1 Å². The van der Waals surface area contributed by atoms with E-state index in [0.29, 0.717) is 23.2 Å². The Hall–Kier alpha value is -2.89. The van der Waals surface area contributed by atoms with Gasteiger partial charge >= 0.3 is 5.69 Å². The molecule has 29 heavy (non-hydrogen) atoms. The smallest absolute Gasteiger partial charge is 0.328 e. The minimum atomic E-state index is -0.357. The van der Waals surface area contributed by atoms with E-state index in [0.717, 1.165) is 29.5 Å². The number of H-pyrrole nitrogens is 1. The van der Waals surface area contributed by atoms with Crippen molar-refractivity contribution in [3.8, 4) is 11.1 Å². The second-order valence-corrected chi connectivity index (χ2v) is 9.36. The first-order valence-corrected chi connectivity index (χ1v) is 10.4. The van der Waals surface area contributed by atoms with Crippen LogP contribution in [0.2, 0.25) is 0 Å². The maximum atomic E-state index is 12.6. The number of fused-ring (bicyclic) bond motifs is 1. The Morgan fingerprint density at radius 3 is 2.59 bits per heavy atom. The summed E-state index contributed by atoms with van der Waals surface area (Å²) in [4.78, 5) is 32.6. The van der Waals surface area contributed by atoms with Crippen LogP contribution in [0.15, 0.2) is 35.3 Å². The summed E-state index contributed by atoms with van der Waals surface area (Å²) in [6.07, 6.45) is 6.30. The fourth-order valence-corrected chi connectivity index (χ4v) is 3.96. The third-order valence-electron chi connectivity index (χ3n) is 5.75. The molecule has 0 atom stereocenters. The maximum absolute atomic E-state index is 12.6. The van der Waals surface area contributed by atoms with Gasteiger partial charge in [-0.15, -0.1) is 0 Å². The van der Waals surface area contributed by atoms with Gasteiger partial charge in [0, 0.05) is 28.9 Å². The number of aromatic nitrogens is 3. The second-order valence-electron chi connectivity index (χ2n) is 9.36. The van der Waals surface area contributed by atoms with Gasteiger partial charge < -0.3 is 10.3 Å². The van der Waals surface area contributed by atoms with E-state index in [1.807, 2.05) is 45.2 Å². The maximum Gasteiger partial charge on any atom is 0.328 e. The zero-order valence-corrected chi connectivity index (χ0v) is 17.1. The first-order valence-electron chi connectivity index (χ1n) is 10.4. The lowest BCUT2D eigenvalue weighted by atomic mass is 9.95. The Kier molecular flexibility index (Phi) is 3.95. The van der Waals surface area contributed by atoms with E-state index < -0.39 is 0 Å². The molecule has 2 aliphatic carbocycles. The predicted octanol–water partition coefficient (Wildman–Crippen LogP) is 3.92. The van der Waals surface area contributed by atoms with Crippen LogP contribution in [0.5, 0.6) is 0 Å². The van der Waals surface area contributed by atoms with Crippen LogP contribution in [-0.2, 0) is 5.54 Å². The molecular formula is C23H26N4O2. The van der Waals surface area contributed by atoms with Crippen molar-refractivity contribution >= 4 is 17.1 Å². The molecule has 1 amide bonds. The molecule has 1 aromatic carbocycles. The van der Waals surface area contributed by atoms with Crippen LogP contribution < -0.4 is 11.0 Å². The summed E-state index contributed by atoms with van der Waals surface area (Å²) in [5.74, 6) is 0.525. The topological polar surface area (TPSA) is 79.8 Å². The Labute approximate surface area is 169 Å². The molecule has 150 valence electrons. The average Bonchev–Trinajstić information content (AvgIpc) is 3.57. The van der Waals surface area contributed by atoms with Gasteiger partial charge in [0.1, 0.15) is 0 Å². The van der Waals surface area contributed by atoms with Crippen LogP contribution in [0.4, 0.5) is 0 Å². The number of hydrogen-bond acceptors (Lipinski definition) is 3. The monoisotopic (exact) mass is 390 g/mol. The van der Waals surface area contributed by atoms with E-state index in [1.54, 1.807) is 4.57 Å². The lowest BCUT2D eigenvalue weighted by Crippen LogP contribution is -2.32. The van der Waals surface area contributed by atoms with Crippen LogP contribution in [0, 0.1) is 0 Å². The van der Waals surface area contributed by atoms with Crippen molar-refractivity contribution in [2.45, 2.75) is 64.0 Å². The third kappa shape index (κ3) is 3.37. The minimum absolute atomic E-state index is 0.0163. The van der Waals surface area contributed by atoms with Crippen molar-refractivity contribution in [3.63, 3.8) is 0 Å². The van der Waals surface area contributed by atoms with Crippen molar-refractivity contribution in [2.75, 3.05) is 0 Å². The fraction of sp³-hybridized carbons (Fsp3) is 0.435. The molecule has 0 aliphatic heterocycles. The number of amides is 1. The molecule has 2 aromatic heterocycles. The summed E-state index contributed by atoms with van der Waals surface area (Å²) in [6.45, 7) is 5.97. The van der Waals surface area contributed by atoms with Crippen molar-refractivity contribution in [2.24, 2.45) is 0 Å². The number of benzene rings is 1. The number of aromatic amines is 1. The number of imidazole rings is 1. The number of rotatable bonds is 4. The van der Waals surface area contributed by atoms with Crippen molar-refractivity contribution in [1.29, 1.82) is 0 Å². The molecule has 6 heteroatoms. The molecule has 5 rings (SSSR count). The van der Waals surface area contributed by atoms with Gasteiger partial charge in [0.25, 0.3) is 5.91 Å². The third-order valence-corrected chi connectivity index (χ3v) is 5.75. The Morgan fingerprint density at radius 2 is 1.93 bits per heavy atom. The SMILES string of the molecule is CC(C)(C)n1c(=O)[nH]c2cc(-c3cc(C(=O)NC4CC4)ccc3C3CC3)cnc21. The number of carbonyl (C=O) groups excluding carboxylic acids is 1. The molecule has 0 saturated heterocycles. The number of carbonyl (C=O) groups is 1. The predicted molar refractivity (Wildman–Crippen MR) is 113 cm³/mol. The standard InChI is InChI=1S/C23H26N4O2/c1-23(2,3)27-20-19(26-22(27)29)11-15(12-24-20)18-10-14(21(28)25-16-7-8-16)6-9-17(18)13-4-5-13/h6,9-13,16H,4-5,7-8H2,1-3H3,(H,25,28)(H,26,29). The lowest BCUT2D eigenvalue weighted by Gasteiger charge is -2.20. The summed E-state index contributed by atoms with van der Waals surface area (Å²) >= 11 is 0. The van der Waals surface area contributed by atoms with E-state index >= 15 is 0 Å². The largest absolute Gasteiger partial charge is 0.349 e. The van der Waals surface area contributed by atoms with Crippen LogP contribution in [0.25, 0.3) is 22.3 Å². The minimum Gasteiger partial charge on any atom is -0.349 e. The fourth-order valence-electron chi connectivity index (χ4n) is 3.96. The van der Waals surface area contributed by atoms with Gasteiger partial charge in [-0.25, -0.2) is 9.78 Å². The number of nitrogens with one attached hydrogen (secondary N) is 2. The highest BCUT2D eigenvalue weighted by molar-refractivity contribution is 5.96. The van der Waals surface area contributed by atoms with E-state index in [4.69, 9.17) is 0 Å². The Bertz CT molecular complexity index is 1170. The highest BCUT2D eigenvalue weighted by Gasteiger charge is 2.29. The molecule has 0 bridgehead atoms. The van der Waals surface area contributed by atoms with E-state index in [-0.39, 0.29) is 17.1 Å². The normalized spacial score (nSPS) is 16.9. The number of pyridine rings is 1. The second kappa shape index (κ2) is 6.31. The quantitative estimate of drug-likeness (QED) is 0.709. The highest BCUT2D eigenvalue weighted by Crippen LogP contribution is 2.45. The molecule has 2 saturated carbocycles. The zero-order chi connectivity index (χ0) is 20.3. The van der Waals surface area contributed by atoms with Gasteiger partial charge in [0.05, 0.1) is 5.52 Å². The number of nitrogens with zero attached hydrogens (tertiary/aromatic N) is 2. The molecule has 3 aromatic rings. The summed E-state index contributed by atoms with van der Waals surface area (Å²) in [6, 6.07) is 8.30. The van der Waals surface area contributed by atoms with Gasteiger partial charge in [-0.2, -0.15) is 0 Å². The molecule has 0 unspecified atom stereocenters. The van der Waals surface area contributed by atoms with Crippen LogP contribution in [-0.4, -0.2) is 26.5 Å². The Morgan fingerprint density at radius 1 is 1.17 bits per heavy atom. The average molecular weight is 390 g/mol. The molecule has 0 radical (unpaired) electrons. The summed E-state index contributed by atoms with van der Waals surface area (Å²) in [5, 5.41) is 3.06. The van der Waals surface area contributed by atoms with Gasteiger partial charge in [-0.3, -0.25) is 9.36 Å². The zero-order valence-electron chi connectivity index (χ0n) is 17.1. The molecule has 2 fully saturated rings. The van der Waals surface area contributed by atoms with E-state index in [9.17, 15) is 9.59 Å². The van der Waals surface area contributed by atoms with E-state index in [1.165, 1.54) is 18.4 Å². The van der Waals surface area contributed by atoms with Crippen molar-refractivity contribution in [1.82, 2.24) is 19.9 Å². The van der Waals surface area contributed by atoms with Crippen LogP contribution in [0.3, 0.4) is 0 Å². The van der Waals surface area contributed by atoms with Gasteiger partial charge in [0.15, 0.2) is 5.65 Å². The molecule has 2 N–H and O–H groups in total.